The monoisotopic (exact) mass is 355 g/mol. The molecule has 2 N–H and O–H groups in total. The summed E-state index contributed by atoms with van der Waals surface area (Å²) in [6.07, 6.45) is 7.16. The molecule has 0 saturated carbocycles. The third-order valence-corrected chi connectivity index (χ3v) is 4.19. The number of nitrogens with one attached hydrogen (secondary N) is 2. The van der Waals surface area contributed by atoms with Gasteiger partial charge in [-0.25, -0.2) is 4.98 Å². The zero-order valence-electron chi connectivity index (χ0n) is 16.4. The second-order valence-corrected chi connectivity index (χ2v) is 6.93. The molecule has 0 atom stereocenters. The number of aliphatic imine (C=N–C) groups is 1. The van der Waals surface area contributed by atoms with Gasteiger partial charge in [0.2, 0.25) is 0 Å². The third kappa shape index (κ3) is 7.30. The van der Waals surface area contributed by atoms with Gasteiger partial charge in [0.1, 0.15) is 5.82 Å². The number of imidazole rings is 1. The second kappa shape index (κ2) is 11.3. The molecular formula is C21H33N5. The largest absolute Gasteiger partial charge is 0.357 e. The fraction of sp³-hybridized carbons (Fsp3) is 0.524. The van der Waals surface area contributed by atoms with Crippen molar-refractivity contribution < 1.29 is 0 Å². The molecule has 1 heterocycles. The maximum absolute atomic E-state index is 4.66. The molecule has 0 radical (unpaired) electrons. The van der Waals surface area contributed by atoms with Crippen LogP contribution in [0.5, 0.6) is 0 Å². The molecule has 0 fully saturated rings. The molecule has 26 heavy (non-hydrogen) atoms. The summed E-state index contributed by atoms with van der Waals surface area (Å²) >= 11 is 0. The highest BCUT2D eigenvalue weighted by atomic mass is 15.2. The Hall–Kier alpha value is -2.30. The lowest BCUT2D eigenvalue weighted by molar-refractivity contribution is 0.560. The third-order valence-electron chi connectivity index (χ3n) is 4.19. The van der Waals surface area contributed by atoms with E-state index in [0.717, 1.165) is 56.7 Å². The Kier molecular flexibility index (Phi) is 8.73. The minimum absolute atomic E-state index is 0.740. The summed E-state index contributed by atoms with van der Waals surface area (Å²) in [5, 5.41) is 6.74. The van der Waals surface area contributed by atoms with Crippen LogP contribution in [0.15, 0.2) is 47.7 Å². The molecule has 0 saturated heterocycles. The second-order valence-electron chi connectivity index (χ2n) is 6.93. The number of aromatic nitrogens is 2. The maximum Gasteiger partial charge on any atom is 0.191 e. The van der Waals surface area contributed by atoms with Crippen molar-refractivity contribution in [1.29, 1.82) is 0 Å². The van der Waals surface area contributed by atoms with Gasteiger partial charge < -0.3 is 15.2 Å². The van der Waals surface area contributed by atoms with Gasteiger partial charge in [-0.1, -0.05) is 44.2 Å². The maximum atomic E-state index is 4.66. The number of benzene rings is 1. The van der Waals surface area contributed by atoms with Crippen molar-refractivity contribution in [1.82, 2.24) is 20.2 Å². The molecule has 2 aromatic rings. The molecule has 2 rings (SSSR count). The van der Waals surface area contributed by atoms with Gasteiger partial charge in [-0.3, -0.25) is 4.99 Å². The Balaban J connectivity index is 1.82. The molecule has 0 aliphatic rings. The van der Waals surface area contributed by atoms with E-state index in [2.05, 4.69) is 70.2 Å². The Labute approximate surface area is 158 Å². The fourth-order valence-corrected chi connectivity index (χ4v) is 2.82. The average Bonchev–Trinajstić information content (AvgIpc) is 3.06. The van der Waals surface area contributed by atoms with Crippen molar-refractivity contribution in [3.05, 3.63) is 54.1 Å². The predicted molar refractivity (Wildman–Crippen MR) is 110 cm³/mol. The van der Waals surface area contributed by atoms with E-state index in [0.29, 0.717) is 0 Å². The van der Waals surface area contributed by atoms with E-state index in [9.17, 15) is 0 Å². The Morgan fingerprint density at radius 3 is 2.73 bits per heavy atom. The molecule has 1 aromatic carbocycles. The molecule has 0 aliphatic carbocycles. The Morgan fingerprint density at radius 2 is 2.00 bits per heavy atom. The van der Waals surface area contributed by atoms with E-state index < -0.39 is 0 Å². The van der Waals surface area contributed by atoms with Crippen molar-refractivity contribution in [3.8, 4) is 0 Å². The van der Waals surface area contributed by atoms with Gasteiger partial charge in [0.05, 0.1) is 0 Å². The molecule has 0 bridgehead atoms. The molecule has 142 valence electrons. The lowest BCUT2D eigenvalue weighted by Crippen LogP contribution is -2.38. The van der Waals surface area contributed by atoms with Gasteiger partial charge in [-0.15, -0.1) is 0 Å². The summed E-state index contributed by atoms with van der Waals surface area (Å²) in [7, 11) is 0. The first kappa shape index (κ1) is 20.0. The standard InChI is InChI=1S/C21H33N5/c1-4-22-21(24-13-8-9-18(2)3)25-14-12-20-23-15-16-26(20)17-19-10-6-5-7-11-19/h5-7,10-11,15-16,18H,4,8-9,12-14,17H2,1-3H3,(H2,22,24,25). The SMILES string of the molecule is CCNC(=NCCCC(C)C)NCCc1nccn1Cc1ccccc1. The summed E-state index contributed by atoms with van der Waals surface area (Å²) < 4.78 is 2.21. The molecule has 0 amide bonds. The highest BCUT2D eigenvalue weighted by Gasteiger charge is 2.04. The van der Waals surface area contributed by atoms with Gasteiger partial charge in [-0.2, -0.15) is 0 Å². The highest BCUT2D eigenvalue weighted by molar-refractivity contribution is 5.79. The minimum atomic E-state index is 0.740. The predicted octanol–water partition coefficient (Wildman–Crippen LogP) is 3.47. The number of guanidine groups is 1. The summed E-state index contributed by atoms with van der Waals surface area (Å²) in [5.41, 5.74) is 1.29. The van der Waals surface area contributed by atoms with Crippen molar-refractivity contribution in [3.63, 3.8) is 0 Å². The molecular weight excluding hydrogens is 322 g/mol. The zero-order chi connectivity index (χ0) is 18.6. The van der Waals surface area contributed by atoms with E-state index in [4.69, 9.17) is 0 Å². The van der Waals surface area contributed by atoms with Crippen molar-refractivity contribution >= 4 is 5.96 Å². The van der Waals surface area contributed by atoms with Crippen molar-refractivity contribution in [2.24, 2.45) is 10.9 Å². The fourth-order valence-electron chi connectivity index (χ4n) is 2.82. The van der Waals surface area contributed by atoms with Crippen LogP contribution in [-0.2, 0) is 13.0 Å². The molecule has 0 aliphatic heterocycles. The van der Waals surface area contributed by atoms with Crippen molar-refractivity contribution in [2.75, 3.05) is 19.6 Å². The normalized spacial score (nSPS) is 11.8. The minimum Gasteiger partial charge on any atom is -0.357 e. The summed E-state index contributed by atoms with van der Waals surface area (Å²) in [4.78, 5) is 9.17. The van der Waals surface area contributed by atoms with E-state index >= 15 is 0 Å². The van der Waals surface area contributed by atoms with Gasteiger partial charge in [-0.05, 0) is 31.2 Å². The molecule has 0 unspecified atom stereocenters. The number of hydrogen-bond acceptors (Lipinski definition) is 2. The summed E-state index contributed by atoms with van der Waals surface area (Å²) in [6.45, 7) is 10.0. The molecule has 5 heteroatoms. The quantitative estimate of drug-likeness (QED) is 0.390. The van der Waals surface area contributed by atoms with Crippen LogP contribution in [0.1, 0.15) is 45.0 Å². The number of hydrogen-bond donors (Lipinski definition) is 2. The summed E-state index contributed by atoms with van der Waals surface area (Å²) in [5.74, 6) is 2.73. The van der Waals surface area contributed by atoms with Crippen molar-refractivity contribution in [2.45, 2.75) is 46.6 Å². The van der Waals surface area contributed by atoms with E-state index in [1.165, 1.54) is 12.0 Å². The first-order chi connectivity index (χ1) is 12.7. The topological polar surface area (TPSA) is 54.2 Å². The van der Waals surface area contributed by atoms with Crippen LogP contribution in [0.2, 0.25) is 0 Å². The Morgan fingerprint density at radius 1 is 1.19 bits per heavy atom. The van der Waals surface area contributed by atoms with E-state index in [1.54, 1.807) is 0 Å². The van der Waals surface area contributed by atoms with E-state index in [1.807, 2.05) is 18.5 Å². The van der Waals surface area contributed by atoms with Crippen LogP contribution in [0.25, 0.3) is 0 Å². The van der Waals surface area contributed by atoms with Crippen LogP contribution >= 0.6 is 0 Å². The smallest absolute Gasteiger partial charge is 0.191 e. The van der Waals surface area contributed by atoms with Crippen LogP contribution in [0.3, 0.4) is 0 Å². The van der Waals surface area contributed by atoms with Gasteiger partial charge >= 0.3 is 0 Å². The van der Waals surface area contributed by atoms with Crippen LogP contribution < -0.4 is 10.6 Å². The van der Waals surface area contributed by atoms with Crippen LogP contribution in [0.4, 0.5) is 0 Å². The lowest BCUT2D eigenvalue weighted by Gasteiger charge is -2.12. The molecule has 5 nitrogen and oxygen atoms in total. The van der Waals surface area contributed by atoms with E-state index in [-0.39, 0.29) is 0 Å². The average molecular weight is 356 g/mol. The molecule has 1 aromatic heterocycles. The van der Waals surface area contributed by atoms with Gasteiger partial charge in [0.25, 0.3) is 0 Å². The summed E-state index contributed by atoms with van der Waals surface area (Å²) in [6, 6.07) is 10.5. The first-order valence-electron chi connectivity index (χ1n) is 9.75. The van der Waals surface area contributed by atoms with Gasteiger partial charge in [0, 0.05) is 45.0 Å². The number of rotatable bonds is 10. The van der Waals surface area contributed by atoms with Crippen LogP contribution in [-0.4, -0.2) is 35.1 Å². The van der Waals surface area contributed by atoms with Gasteiger partial charge in [0.15, 0.2) is 5.96 Å². The highest BCUT2D eigenvalue weighted by Crippen LogP contribution is 2.06. The Bertz CT molecular complexity index is 645. The first-order valence-corrected chi connectivity index (χ1v) is 9.75. The zero-order valence-corrected chi connectivity index (χ0v) is 16.4. The number of nitrogens with zero attached hydrogens (tertiary/aromatic N) is 3. The molecule has 0 spiro atoms. The van der Waals surface area contributed by atoms with Crippen LogP contribution in [0, 0.1) is 5.92 Å². The lowest BCUT2D eigenvalue weighted by atomic mass is 10.1.